The van der Waals surface area contributed by atoms with Gasteiger partial charge in [-0.1, -0.05) is 27.7 Å². The molecule has 336 valence electrons. The number of H-pyrrole nitrogens is 1. The number of piperidine rings is 2. The molecule has 14 nitrogen and oxygen atoms in total. The van der Waals surface area contributed by atoms with Gasteiger partial charge >= 0.3 is 0 Å². The number of imide groups is 1. The molecule has 5 N–H and O–H groups in total. The van der Waals surface area contributed by atoms with Crippen LogP contribution in [0.2, 0.25) is 0 Å². The molecule has 3 amide bonds. The van der Waals surface area contributed by atoms with Gasteiger partial charge in [-0.2, -0.15) is 5.26 Å². The molecule has 4 unspecified atom stereocenters. The van der Waals surface area contributed by atoms with Gasteiger partial charge in [0.15, 0.2) is 0 Å². The van der Waals surface area contributed by atoms with E-state index in [9.17, 15) is 29.2 Å². The van der Waals surface area contributed by atoms with Gasteiger partial charge in [0, 0.05) is 109 Å². The highest BCUT2D eigenvalue weighted by Gasteiger charge is 2.57. The largest absolute Gasteiger partial charge is 0.489 e. The Morgan fingerprint density at radius 3 is 2.16 bits per heavy atom. The number of hydrogen-bond donors (Lipinski definition) is 4. The van der Waals surface area contributed by atoms with Gasteiger partial charge in [-0.3, -0.25) is 34.2 Å². The lowest BCUT2D eigenvalue weighted by Gasteiger charge is -2.56. The SMILES string of the molecule is CC1(C)CC(C)(C)C1Oc1ccc(C#N)c2[nH]c(=O)ccc12.CNCc1cc(N2CC3CC2CN3CC2C3CN(c4ccc(C(N)=O)cc4)CC32)ccc1C=O.O=C1CCCC(=O)N1. The summed E-state index contributed by atoms with van der Waals surface area (Å²) < 4.78 is 6.30. The quantitative estimate of drug-likeness (QED) is 0.118. The summed E-state index contributed by atoms with van der Waals surface area (Å²) in [5, 5.41) is 15.4. The van der Waals surface area contributed by atoms with Crippen LogP contribution in [-0.4, -0.2) is 91.9 Å². The molecular weight excluding hydrogens is 809 g/mol. The molecule has 6 aliphatic rings. The molecule has 6 fully saturated rings. The normalized spacial score (nSPS) is 24.9. The Morgan fingerprint density at radius 2 is 1.59 bits per heavy atom. The van der Waals surface area contributed by atoms with Crippen LogP contribution in [0.4, 0.5) is 11.4 Å². The van der Waals surface area contributed by atoms with E-state index in [1.54, 1.807) is 12.1 Å². The van der Waals surface area contributed by atoms with E-state index in [1.807, 2.05) is 43.4 Å². The Hall–Kier alpha value is -6.04. The molecule has 2 bridgehead atoms. The first-order valence-corrected chi connectivity index (χ1v) is 22.5. The summed E-state index contributed by atoms with van der Waals surface area (Å²) in [4.78, 5) is 65.4. The number of aromatic nitrogens is 1. The van der Waals surface area contributed by atoms with E-state index in [-0.39, 0.29) is 40.2 Å². The highest BCUT2D eigenvalue weighted by atomic mass is 16.5. The van der Waals surface area contributed by atoms with Gasteiger partial charge in [0.1, 0.15) is 24.2 Å². The van der Waals surface area contributed by atoms with Crippen molar-refractivity contribution in [1.82, 2.24) is 20.5 Å². The predicted molar refractivity (Wildman–Crippen MR) is 246 cm³/mol. The Morgan fingerprint density at radius 1 is 0.906 bits per heavy atom. The van der Waals surface area contributed by atoms with Crippen molar-refractivity contribution in [2.24, 2.45) is 34.3 Å². The number of rotatable bonds is 10. The average Bonchev–Trinajstić information content (AvgIpc) is 3.65. The van der Waals surface area contributed by atoms with Gasteiger partial charge in [0.05, 0.1) is 11.1 Å². The molecule has 2 saturated carbocycles. The number of aromatic amines is 1. The number of amides is 3. The highest BCUT2D eigenvalue weighted by Crippen LogP contribution is 2.56. The Kier molecular flexibility index (Phi) is 12.4. The topological polar surface area (TPSA) is 194 Å². The van der Waals surface area contributed by atoms with Crippen molar-refractivity contribution in [2.45, 2.75) is 84.5 Å². The van der Waals surface area contributed by atoms with E-state index < -0.39 is 0 Å². The van der Waals surface area contributed by atoms with Crippen molar-refractivity contribution in [3.8, 4) is 11.8 Å². The smallest absolute Gasteiger partial charge is 0.248 e. The fourth-order valence-corrected chi connectivity index (χ4v) is 11.6. The number of primary amides is 1. The summed E-state index contributed by atoms with van der Waals surface area (Å²) in [5.74, 6) is 2.49. The van der Waals surface area contributed by atoms with Crippen LogP contribution in [0.5, 0.6) is 5.75 Å². The van der Waals surface area contributed by atoms with Crippen LogP contribution in [0.3, 0.4) is 0 Å². The molecule has 10 rings (SSSR count). The zero-order valence-electron chi connectivity index (χ0n) is 37.5. The monoisotopic (exact) mass is 868 g/mol. The maximum atomic E-state index is 11.6. The number of carbonyl (C=O) groups is 4. The summed E-state index contributed by atoms with van der Waals surface area (Å²) in [6.07, 6.45) is 5.13. The van der Waals surface area contributed by atoms with E-state index in [4.69, 9.17) is 10.5 Å². The van der Waals surface area contributed by atoms with Gasteiger partial charge in [0.2, 0.25) is 23.3 Å². The van der Waals surface area contributed by atoms with Crippen molar-refractivity contribution >= 4 is 46.3 Å². The molecule has 4 aromatic rings. The number of nitrogens with one attached hydrogen (secondary N) is 3. The first kappa shape index (κ1) is 44.6. The predicted octanol–water partition coefficient (Wildman–Crippen LogP) is 5.38. The number of ether oxygens (including phenoxy) is 1. The number of aldehydes is 1. The van der Waals surface area contributed by atoms with Crippen LogP contribution in [0.1, 0.15) is 91.6 Å². The number of nitriles is 1. The van der Waals surface area contributed by atoms with Crippen molar-refractivity contribution in [3.05, 3.63) is 99.3 Å². The van der Waals surface area contributed by atoms with E-state index in [1.165, 1.54) is 30.4 Å². The van der Waals surface area contributed by atoms with Crippen molar-refractivity contribution in [2.75, 3.05) is 49.6 Å². The zero-order chi connectivity index (χ0) is 45.5. The van der Waals surface area contributed by atoms with Crippen LogP contribution in [0.15, 0.2) is 71.5 Å². The van der Waals surface area contributed by atoms with E-state index >= 15 is 0 Å². The molecule has 2 aliphatic carbocycles. The molecule has 5 heterocycles. The van der Waals surface area contributed by atoms with E-state index in [2.05, 4.69) is 76.2 Å². The van der Waals surface area contributed by atoms with Gasteiger partial charge in [0.25, 0.3) is 0 Å². The maximum absolute atomic E-state index is 11.6. The Labute approximate surface area is 374 Å². The average molecular weight is 869 g/mol. The number of anilines is 2. The second-order valence-electron chi connectivity index (χ2n) is 19.8. The van der Waals surface area contributed by atoms with Crippen LogP contribution >= 0.6 is 0 Å². The number of hydrogen-bond acceptors (Lipinski definition) is 11. The maximum Gasteiger partial charge on any atom is 0.248 e. The molecule has 4 aliphatic heterocycles. The summed E-state index contributed by atoms with van der Waals surface area (Å²) >= 11 is 0. The van der Waals surface area contributed by atoms with Gasteiger partial charge < -0.3 is 30.6 Å². The number of nitrogens with two attached hydrogens (primary N) is 1. The minimum absolute atomic E-state index is 0.100. The van der Waals surface area contributed by atoms with Gasteiger partial charge in [-0.25, -0.2) is 0 Å². The summed E-state index contributed by atoms with van der Waals surface area (Å²) in [6, 6.07) is 24.0. The molecule has 64 heavy (non-hydrogen) atoms. The molecular formula is C50H60N8O6. The molecule has 1 aromatic heterocycles. The van der Waals surface area contributed by atoms with Gasteiger partial charge in [-0.15, -0.1) is 0 Å². The second-order valence-corrected chi connectivity index (χ2v) is 19.8. The molecule has 3 aromatic carbocycles. The second kappa shape index (κ2) is 17.9. The molecule has 4 saturated heterocycles. The zero-order valence-corrected chi connectivity index (χ0v) is 37.5. The van der Waals surface area contributed by atoms with Crippen LogP contribution < -0.4 is 36.5 Å². The fourth-order valence-electron chi connectivity index (χ4n) is 11.6. The molecule has 14 heteroatoms. The number of nitrogens with zero attached hydrogens (tertiary/aromatic N) is 4. The number of carbonyl (C=O) groups excluding carboxylic acids is 4. The summed E-state index contributed by atoms with van der Waals surface area (Å²) in [6.45, 7) is 15.2. The third kappa shape index (κ3) is 9.14. The Balaban J connectivity index is 0.000000159. The third-order valence-corrected chi connectivity index (χ3v) is 14.3. The Bertz CT molecular complexity index is 2510. The number of pyridine rings is 1. The first-order chi connectivity index (χ1) is 30.6. The number of piperazine rings is 1. The standard InChI is InChI=1S/C27H33N5O2.C18H20N2O2.C5H7NO2/c1-29-10-19-8-21(7-4-18(19)16-33)32-12-22-9-23(32)11-30(22)13-24-25-14-31(15-26(24)25)20-5-2-17(3-6-20)27(28)34;1-17(2)10-18(3,4)16(17)22-13-7-5-11(9-19)15-12(13)6-8-14(21)20-15;7-4-2-1-3-5(8)6-4/h2-8,16,22-26,29H,9-15H2,1H3,(H2,28,34);5-8,16H,10H2,1-4H3,(H,20,21);1-3H2,(H,6,7,8). The molecule has 4 atom stereocenters. The van der Waals surface area contributed by atoms with Crippen molar-refractivity contribution in [1.29, 1.82) is 5.26 Å². The fraction of sp³-hybridized carbons (Fsp3) is 0.480. The summed E-state index contributed by atoms with van der Waals surface area (Å²) in [5.41, 5.74) is 11.3. The summed E-state index contributed by atoms with van der Waals surface area (Å²) in [7, 11) is 1.92. The minimum Gasteiger partial charge on any atom is -0.489 e. The van der Waals surface area contributed by atoms with E-state index in [0.717, 1.165) is 78.9 Å². The first-order valence-electron chi connectivity index (χ1n) is 22.5. The van der Waals surface area contributed by atoms with E-state index in [0.29, 0.717) is 54.5 Å². The third-order valence-electron chi connectivity index (χ3n) is 14.3. The lowest BCUT2D eigenvalue weighted by atomic mass is 9.53. The van der Waals surface area contributed by atoms with Crippen molar-refractivity contribution in [3.63, 3.8) is 0 Å². The minimum atomic E-state index is -0.370. The molecule has 0 spiro atoms. The molecule has 0 radical (unpaired) electrons. The van der Waals surface area contributed by atoms with Crippen LogP contribution in [0.25, 0.3) is 10.9 Å². The number of likely N-dealkylation sites (tertiary alicyclic amines) is 1. The highest BCUT2D eigenvalue weighted by molar-refractivity contribution is 5.97. The number of fused-ring (bicyclic) bond motifs is 4. The van der Waals surface area contributed by atoms with Gasteiger partial charge in [-0.05, 0) is 110 Å². The lowest BCUT2D eigenvalue weighted by molar-refractivity contribution is -0.133. The number of benzene rings is 3. The van der Waals surface area contributed by atoms with Crippen LogP contribution in [-0.2, 0) is 16.1 Å². The van der Waals surface area contributed by atoms with Crippen molar-refractivity contribution < 1.29 is 23.9 Å². The lowest BCUT2D eigenvalue weighted by Crippen LogP contribution is -2.58. The van der Waals surface area contributed by atoms with Crippen LogP contribution in [0, 0.1) is 39.9 Å².